The fourth-order valence-corrected chi connectivity index (χ4v) is 1.39. The molecule has 1 rings (SSSR count). The van der Waals surface area contributed by atoms with Gasteiger partial charge in [0.05, 0.1) is 5.92 Å². The van der Waals surface area contributed by atoms with Gasteiger partial charge in [0.1, 0.15) is 0 Å². The SMILES string of the molecule is C#Cc1cccc(NC(=O)C(CC)CN)c1. The summed E-state index contributed by atoms with van der Waals surface area (Å²) in [4.78, 5) is 11.7. The number of benzene rings is 1. The highest BCUT2D eigenvalue weighted by atomic mass is 16.1. The lowest BCUT2D eigenvalue weighted by Gasteiger charge is -2.12. The lowest BCUT2D eigenvalue weighted by molar-refractivity contribution is -0.119. The highest BCUT2D eigenvalue weighted by Crippen LogP contribution is 2.12. The number of hydrogen-bond donors (Lipinski definition) is 2. The molecule has 1 aromatic carbocycles. The number of carbonyl (C=O) groups excluding carboxylic acids is 1. The highest BCUT2D eigenvalue weighted by molar-refractivity contribution is 5.92. The number of terminal acetylenes is 1. The number of rotatable bonds is 4. The first-order chi connectivity index (χ1) is 7.71. The van der Waals surface area contributed by atoms with Crippen molar-refractivity contribution in [3.63, 3.8) is 0 Å². The average molecular weight is 216 g/mol. The van der Waals surface area contributed by atoms with Gasteiger partial charge >= 0.3 is 0 Å². The number of nitrogens with one attached hydrogen (secondary N) is 1. The van der Waals surface area contributed by atoms with E-state index in [9.17, 15) is 4.79 Å². The molecule has 3 nitrogen and oxygen atoms in total. The topological polar surface area (TPSA) is 55.1 Å². The molecule has 0 heterocycles. The van der Waals surface area contributed by atoms with Gasteiger partial charge < -0.3 is 11.1 Å². The van der Waals surface area contributed by atoms with E-state index in [1.54, 1.807) is 6.07 Å². The molecule has 1 aromatic rings. The molecule has 0 aliphatic heterocycles. The Morgan fingerprint density at radius 1 is 1.62 bits per heavy atom. The smallest absolute Gasteiger partial charge is 0.228 e. The molecule has 0 radical (unpaired) electrons. The van der Waals surface area contributed by atoms with Crippen LogP contribution in [0, 0.1) is 18.3 Å². The standard InChI is InChI=1S/C13H16N2O/c1-3-10-6-5-7-12(8-10)15-13(16)11(4-2)9-14/h1,5-8,11H,4,9,14H2,2H3,(H,15,16). The molecule has 0 saturated heterocycles. The molecule has 0 fully saturated rings. The van der Waals surface area contributed by atoms with E-state index in [2.05, 4.69) is 11.2 Å². The van der Waals surface area contributed by atoms with Gasteiger partial charge in [0.25, 0.3) is 0 Å². The monoisotopic (exact) mass is 216 g/mol. The molecule has 1 unspecified atom stereocenters. The van der Waals surface area contributed by atoms with Crippen molar-refractivity contribution in [1.82, 2.24) is 0 Å². The van der Waals surface area contributed by atoms with Crippen LogP contribution in [-0.2, 0) is 4.79 Å². The summed E-state index contributed by atoms with van der Waals surface area (Å²) < 4.78 is 0. The zero-order valence-electron chi connectivity index (χ0n) is 9.36. The fourth-order valence-electron chi connectivity index (χ4n) is 1.39. The third-order valence-corrected chi connectivity index (χ3v) is 2.44. The van der Waals surface area contributed by atoms with Crippen molar-refractivity contribution in [1.29, 1.82) is 0 Å². The second-order valence-electron chi connectivity index (χ2n) is 3.56. The van der Waals surface area contributed by atoms with Crippen molar-refractivity contribution < 1.29 is 4.79 Å². The van der Waals surface area contributed by atoms with Crippen LogP contribution in [0.3, 0.4) is 0 Å². The van der Waals surface area contributed by atoms with Crippen LogP contribution < -0.4 is 11.1 Å². The van der Waals surface area contributed by atoms with Gasteiger partial charge in [-0.05, 0) is 24.6 Å². The van der Waals surface area contributed by atoms with Gasteiger partial charge in [-0.25, -0.2) is 0 Å². The first kappa shape index (κ1) is 12.3. The van der Waals surface area contributed by atoms with Crippen molar-refractivity contribution in [2.24, 2.45) is 11.7 Å². The predicted molar refractivity (Wildman–Crippen MR) is 65.8 cm³/mol. The van der Waals surface area contributed by atoms with Crippen LogP contribution in [0.5, 0.6) is 0 Å². The lowest BCUT2D eigenvalue weighted by atomic mass is 10.1. The number of hydrogen-bond acceptors (Lipinski definition) is 2. The van der Waals surface area contributed by atoms with Crippen LogP contribution in [0.15, 0.2) is 24.3 Å². The van der Waals surface area contributed by atoms with Gasteiger partial charge in [0, 0.05) is 17.8 Å². The molecule has 0 saturated carbocycles. The molecule has 0 aliphatic rings. The predicted octanol–water partition coefficient (Wildman–Crippen LogP) is 1.59. The van der Waals surface area contributed by atoms with Crippen molar-refractivity contribution in [3.05, 3.63) is 29.8 Å². The molecule has 1 atom stereocenters. The van der Waals surface area contributed by atoms with Crippen LogP contribution in [0.2, 0.25) is 0 Å². The molecule has 16 heavy (non-hydrogen) atoms. The van der Waals surface area contributed by atoms with E-state index in [0.29, 0.717) is 12.2 Å². The summed E-state index contributed by atoms with van der Waals surface area (Å²) in [6.07, 6.45) is 6.01. The van der Waals surface area contributed by atoms with Crippen LogP contribution >= 0.6 is 0 Å². The van der Waals surface area contributed by atoms with E-state index >= 15 is 0 Å². The van der Waals surface area contributed by atoms with E-state index in [0.717, 1.165) is 12.0 Å². The zero-order valence-corrected chi connectivity index (χ0v) is 9.36. The average Bonchev–Trinajstić information content (AvgIpc) is 2.31. The molecule has 0 bridgehead atoms. The maximum atomic E-state index is 11.7. The first-order valence-corrected chi connectivity index (χ1v) is 5.28. The largest absolute Gasteiger partial charge is 0.330 e. The van der Waals surface area contributed by atoms with Crippen LogP contribution in [-0.4, -0.2) is 12.5 Å². The number of nitrogens with two attached hydrogens (primary N) is 1. The van der Waals surface area contributed by atoms with Gasteiger partial charge in [0.15, 0.2) is 0 Å². The molecule has 1 amide bonds. The maximum absolute atomic E-state index is 11.7. The van der Waals surface area contributed by atoms with Crippen molar-refractivity contribution >= 4 is 11.6 Å². The Morgan fingerprint density at radius 3 is 2.94 bits per heavy atom. The Labute approximate surface area is 96.0 Å². The first-order valence-electron chi connectivity index (χ1n) is 5.28. The quantitative estimate of drug-likeness (QED) is 0.751. The molecule has 3 heteroatoms. The minimum atomic E-state index is -0.144. The number of amides is 1. The van der Waals surface area contributed by atoms with E-state index in [1.165, 1.54) is 0 Å². The maximum Gasteiger partial charge on any atom is 0.228 e. The van der Waals surface area contributed by atoms with Crippen molar-refractivity contribution in [2.45, 2.75) is 13.3 Å². The van der Waals surface area contributed by atoms with Gasteiger partial charge in [-0.15, -0.1) is 6.42 Å². The summed E-state index contributed by atoms with van der Waals surface area (Å²) in [5.74, 6) is 2.32. The Hall–Kier alpha value is -1.79. The Kier molecular flexibility index (Phi) is 4.56. The zero-order chi connectivity index (χ0) is 12.0. The van der Waals surface area contributed by atoms with Crippen molar-refractivity contribution in [3.8, 4) is 12.3 Å². The molecular formula is C13H16N2O. The number of carbonyl (C=O) groups is 1. The summed E-state index contributed by atoms with van der Waals surface area (Å²) >= 11 is 0. The van der Waals surface area contributed by atoms with Crippen LogP contribution in [0.25, 0.3) is 0 Å². The van der Waals surface area contributed by atoms with E-state index < -0.39 is 0 Å². The summed E-state index contributed by atoms with van der Waals surface area (Å²) in [5, 5.41) is 2.80. The third kappa shape index (κ3) is 3.11. The molecule has 0 aromatic heterocycles. The molecular weight excluding hydrogens is 200 g/mol. The molecule has 0 spiro atoms. The second kappa shape index (κ2) is 5.94. The third-order valence-electron chi connectivity index (χ3n) is 2.44. The molecule has 0 aliphatic carbocycles. The second-order valence-corrected chi connectivity index (χ2v) is 3.56. The molecule has 84 valence electrons. The Morgan fingerprint density at radius 2 is 2.38 bits per heavy atom. The van der Waals surface area contributed by atoms with E-state index in [-0.39, 0.29) is 11.8 Å². The van der Waals surface area contributed by atoms with Gasteiger partial charge in [-0.3, -0.25) is 4.79 Å². The normalized spacial score (nSPS) is 11.6. The highest BCUT2D eigenvalue weighted by Gasteiger charge is 2.14. The minimum absolute atomic E-state index is 0.0563. The molecule has 3 N–H and O–H groups in total. The Bertz CT molecular complexity index is 403. The Balaban J connectivity index is 2.73. The van der Waals surface area contributed by atoms with Gasteiger partial charge in [-0.1, -0.05) is 18.9 Å². The summed E-state index contributed by atoms with van der Waals surface area (Å²) in [7, 11) is 0. The number of anilines is 1. The summed E-state index contributed by atoms with van der Waals surface area (Å²) in [6, 6.07) is 7.20. The van der Waals surface area contributed by atoms with Gasteiger partial charge in [-0.2, -0.15) is 0 Å². The lowest BCUT2D eigenvalue weighted by Crippen LogP contribution is -2.28. The van der Waals surface area contributed by atoms with E-state index in [4.69, 9.17) is 12.2 Å². The fraction of sp³-hybridized carbons (Fsp3) is 0.308. The van der Waals surface area contributed by atoms with Crippen LogP contribution in [0.4, 0.5) is 5.69 Å². The minimum Gasteiger partial charge on any atom is -0.330 e. The van der Waals surface area contributed by atoms with E-state index in [1.807, 2.05) is 25.1 Å². The summed E-state index contributed by atoms with van der Waals surface area (Å²) in [6.45, 7) is 2.30. The van der Waals surface area contributed by atoms with Gasteiger partial charge in [0.2, 0.25) is 5.91 Å². The van der Waals surface area contributed by atoms with Crippen molar-refractivity contribution in [2.75, 3.05) is 11.9 Å². The van der Waals surface area contributed by atoms with Crippen LogP contribution in [0.1, 0.15) is 18.9 Å². The summed E-state index contributed by atoms with van der Waals surface area (Å²) in [5.41, 5.74) is 6.96.